The zero-order valence-corrected chi connectivity index (χ0v) is 8.55. The van der Waals surface area contributed by atoms with Gasteiger partial charge in [-0.05, 0) is 33.6 Å². The van der Waals surface area contributed by atoms with Gasteiger partial charge in [0.15, 0.2) is 0 Å². The highest BCUT2D eigenvalue weighted by Gasteiger charge is 2.04. The number of rotatable bonds is 1. The molecular formula is C7H4Br2F2. The highest BCUT2D eigenvalue weighted by molar-refractivity contribution is 9.11. The fourth-order valence-electron chi connectivity index (χ4n) is 0.666. The quantitative estimate of drug-likeness (QED) is 0.688. The van der Waals surface area contributed by atoms with Gasteiger partial charge in [-0.15, -0.1) is 0 Å². The van der Waals surface area contributed by atoms with E-state index in [-0.39, 0.29) is 4.47 Å². The van der Waals surface area contributed by atoms with E-state index in [9.17, 15) is 8.78 Å². The number of hydrogen-bond acceptors (Lipinski definition) is 0. The van der Waals surface area contributed by atoms with Crippen molar-refractivity contribution in [3.8, 4) is 0 Å². The van der Waals surface area contributed by atoms with Gasteiger partial charge in [-0.2, -0.15) is 0 Å². The number of halogens is 4. The van der Waals surface area contributed by atoms with Crippen molar-refractivity contribution in [3.63, 3.8) is 0 Å². The van der Waals surface area contributed by atoms with Crippen LogP contribution in [0, 0.1) is 5.82 Å². The molecule has 0 aliphatic rings. The van der Waals surface area contributed by atoms with Crippen LogP contribution in [0.5, 0.6) is 0 Å². The first-order chi connectivity index (χ1) is 5.15. The van der Waals surface area contributed by atoms with E-state index >= 15 is 0 Å². The van der Waals surface area contributed by atoms with E-state index in [1.54, 1.807) is 0 Å². The van der Waals surface area contributed by atoms with Crippen molar-refractivity contribution >= 4 is 31.9 Å². The Labute approximate surface area is 79.9 Å². The van der Waals surface area contributed by atoms with Crippen LogP contribution in [-0.2, 0) is 6.67 Å². The number of benzene rings is 1. The van der Waals surface area contributed by atoms with Gasteiger partial charge in [0.05, 0.1) is 4.47 Å². The lowest BCUT2D eigenvalue weighted by atomic mass is 10.2. The molecule has 0 saturated carbocycles. The number of hydrogen-bond donors (Lipinski definition) is 0. The van der Waals surface area contributed by atoms with Crippen molar-refractivity contribution in [1.29, 1.82) is 0 Å². The van der Waals surface area contributed by atoms with Gasteiger partial charge in [0, 0.05) is 4.47 Å². The zero-order chi connectivity index (χ0) is 8.43. The molecule has 0 heterocycles. The standard InChI is InChI=1S/C7H4Br2F2/c8-5-2-7(11)6(9)1-4(5)3-10/h1-2H,3H2. The highest BCUT2D eigenvalue weighted by Crippen LogP contribution is 2.25. The zero-order valence-electron chi connectivity index (χ0n) is 5.37. The summed E-state index contributed by atoms with van der Waals surface area (Å²) in [5, 5.41) is 0. The molecule has 0 amide bonds. The van der Waals surface area contributed by atoms with Crippen molar-refractivity contribution in [2.75, 3.05) is 0 Å². The van der Waals surface area contributed by atoms with Crippen LogP contribution in [-0.4, -0.2) is 0 Å². The first-order valence-electron chi connectivity index (χ1n) is 2.84. The van der Waals surface area contributed by atoms with Gasteiger partial charge < -0.3 is 0 Å². The average Bonchev–Trinajstić information content (AvgIpc) is 1.97. The van der Waals surface area contributed by atoms with E-state index in [4.69, 9.17) is 0 Å². The van der Waals surface area contributed by atoms with Crippen LogP contribution in [0.25, 0.3) is 0 Å². The van der Waals surface area contributed by atoms with Gasteiger partial charge in [-0.3, -0.25) is 0 Å². The summed E-state index contributed by atoms with van der Waals surface area (Å²) in [6.45, 7) is -0.598. The molecule has 0 bridgehead atoms. The molecule has 1 aromatic rings. The summed E-state index contributed by atoms with van der Waals surface area (Å²) >= 11 is 6.00. The molecule has 0 spiro atoms. The third-order valence-electron chi connectivity index (χ3n) is 1.23. The van der Waals surface area contributed by atoms with Gasteiger partial charge in [-0.25, -0.2) is 8.78 Å². The molecule has 1 rings (SSSR count). The molecule has 0 aliphatic heterocycles. The second kappa shape index (κ2) is 3.63. The maximum atomic E-state index is 12.7. The van der Waals surface area contributed by atoms with E-state index in [2.05, 4.69) is 31.9 Å². The Bertz CT molecular complexity index is 273. The molecule has 1 aromatic carbocycles. The lowest BCUT2D eigenvalue weighted by molar-refractivity contribution is 0.482. The summed E-state index contributed by atoms with van der Waals surface area (Å²) in [6.07, 6.45) is 0. The summed E-state index contributed by atoms with van der Waals surface area (Å²) in [5.41, 5.74) is 0.443. The lowest BCUT2D eigenvalue weighted by Gasteiger charge is -2.00. The summed E-state index contributed by atoms with van der Waals surface area (Å²) < 4.78 is 25.6. The second-order valence-electron chi connectivity index (χ2n) is 1.99. The predicted octanol–water partition coefficient (Wildman–Crippen LogP) is 3.82. The van der Waals surface area contributed by atoms with Gasteiger partial charge in [0.2, 0.25) is 0 Å². The van der Waals surface area contributed by atoms with Gasteiger partial charge in [0.25, 0.3) is 0 Å². The first-order valence-corrected chi connectivity index (χ1v) is 4.43. The Morgan fingerprint density at radius 1 is 1.18 bits per heavy atom. The highest BCUT2D eigenvalue weighted by atomic mass is 79.9. The summed E-state index contributed by atoms with van der Waals surface area (Å²) in [4.78, 5) is 0. The van der Waals surface area contributed by atoms with Gasteiger partial charge in [-0.1, -0.05) is 15.9 Å². The van der Waals surface area contributed by atoms with Crippen LogP contribution >= 0.6 is 31.9 Å². The predicted molar refractivity (Wildman–Crippen MR) is 46.6 cm³/mol. The first kappa shape index (κ1) is 9.13. The topological polar surface area (TPSA) is 0 Å². The van der Waals surface area contributed by atoms with Crippen LogP contribution in [0.1, 0.15) is 5.56 Å². The Kier molecular flexibility index (Phi) is 3.01. The molecule has 0 nitrogen and oxygen atoms in total. The normalized spacial score (nSPS) is 10.2. The molecule has 0 aromatic heterocycles. The monoisotopic (exact) mass is 284 g/mol. The molecule has 0 aliphatic carbocycles. The molecule has 4 heteroatoms. The molecular weight excluding hydrogens is 282 g/mol. The molecule has 0 N–H and O–H groups in total. The van der Waals surface area contributed by atoms with Crippen molar-refractivity contribution in [2.45, 2.75) is 6.67 Å². The molecule has 0 unspecified atom stereocenters. The Morgan fingerprint density at radius 2 is 1.82 bits per heavy atom. The van der Waals surface area contributed by atoms with Crippen LogP contribution in [0.4, 0.5) is 8.78 Å². The van der Waals surface area contributed by atoms with E-state index in [1.807, 2.05) is 0 Å². The van der Waals surface area contributed by atoms with Crippen LogP contribution in [0.3, 0.4) is 0 Å². The van der Waals surface area contributed by atoms with Crippen molar-refractivity contribution in [3.05, 3.63) is 32.5 Å². The molecule has 0 atom stereocenters. The van der Waals surface area contributed by atoms with E-state index in [0.29, 0.717) is 10.0 Å². The second-order valence-corrected chi connectivity index (χ2v) is 3.70. The van der Waals surface area contributed by atoms with Crippen molar-refractivity contribution < 1.29 is 8.78 Å². The minimum absolute atomic E-state index is 0.286. The maximum absolute atomic E-state index is 12.7. The summed E-state index contributed by atoms with van der Waals surface area (Å²) in [6, 6.07) is 2.65. The number of alkyl halides is 1. The van der Waals surface area contributed by atoms with Gasteiger partial charge >= 0.3 is 0 Å². The van der Waals surface area contributed by atoms with Crippen LogP contribution in [0.15, 0.2) is 21.1 Å². The van der Waals surface area contributed by atoms with E-state index < -0.39 is 12.5 Å². The summed E-state index contributed by atoms with van der Waals surface area (Å²) in [7, 11) is 0. The van der Waals surface area contributed by atoms with Gasteiger partial charge in [0.1, 0.15) is 12.5 Å². The summed E-state index contributed by atoms with van der Waals surface area (Å²) in [5.74, 6) is -0.394. The molecule has 0 saturated heterocycles. The Balaban J connectivity index is 3.21. The average molecular weight is 286 g/mol. The Hall–Kier alpha value is 0.0400. The van der Waals surface area contributed by atoms with Crippen molar-refractivity contribution in [2.24, 2.45) is 0 Å². The SMILES string of the molecule is FCc1cc(Br)c(F)cc1Br. The molecule has 11 heavy (non-hydrogen) atoms. The third-order valence-corrected chi connectivity index (χ3v) is 2.58. The molecule has 0 radical (unpaired) electrons. The van der Waals surface area contributed by atoms with E-state index in [1.165, 1.54) is 12.1 Å². The van der Waals surface area contributed by atoms with Crippen LogP contribution in [0.2, 0.25) is 0 Å². The third kappa shape index (κ3) is 1.99. The molecule has 0 fully saturated rings. The maximum Gasteiger partial charge on any atom is 0.138 e. The minimum Gasteiger partial charge on any atom is -0.246 e. The lowest BCUT2D eigenvalue weighted by Crippen LogP contribution is -1.85. The smallest absolute Gasteiger partial charge is 0.138 e. The fourth-order valence-corrected chi connectivity index (χ4v) is 1.48. The fraction of sp³-hybridized carbons (Fsp3) is 0.143. The minimum atomic E-state index is -0.598. The Morgan fingerprint density at radius 3 is 2.36 bits per heavy atom. The van der Waals surface area contributed by atoms with Crippen molar-refractivity contribution in [1.82, 2.24) is 0 Å². The largest absolute Gasteiger partial charge is 0.246 e. The van der Waals surface area contributed by atoms with Crippen LogP contribution < -0.4 is 0 Å². The molecule has 60 valence electrons. The van der Waals surface area contributed by atoms with E-state index in [0.717, 1.165) is 0 Å².